The molecular weight excluding hydrogens is 454 g/mol. The molecule has 1 N–H and O–H groups in total. The van der Waals surface area contributed by atoms with Crippen molar-refractivity contribution in [1.82, 2.24) is 19.4 Å². The number of hydrogen-bond acceptors (Lipinski definition) is 8. The number of benzene rings is 1. The van der Waals surface area contributed by atoms with Crippen LogP contribution in [-0.4, -0.2) is 67.2 Å². The molecule has 0 amide bonds. The molecule has 3 aromatic rings. The quantitative estimate of drug-likeness (QED) is 0.514. The zero-order valence-corrected chi connectivity index (χ0v) is 19.2. The summed E-state index contributed by atoms with van der Waals surface area (Å²) in [6.45, 7) is 5.05. The number of nitrogens with one attached hydrogen (secondary N) is 1. The summed E-state index contributed by atoms with van der Waals surface area (Å²) in [4.78, 5) is 23.6. The smallest absolute Gasteiger partial charge is 0.271 e. The Morgan fingerprint density at radius 1 is 1.19 bits per heavy atom. The van der Waals surface area contributed by atoms with Crippen LogP contribution in [0.15, 0.2) is 51.1 Å². The van der Waals surface area contributed by atoms with Crippen molar-refractivity contribution >= 4 is 38.4 Å². The molecule has 11 heteroatoms. The molecule has 170 valence electrons. The average Bonchev–Trinajstić information content (AvgIpc) is 2.80. The summed E-state index contributed by atoms with van der Waals surface area (Å²) in [5.74, 6) is 0.391. The van der Waals surface area contributed by atoms with Crippen molar-refractivity contribution in [3.05, 3.63) is 51.9 Å². The lowest BCUT2D eigenvalue weighted by Crippen LogP contribution is -2.37. The first-order valence-electron chi connectivity index (χ1n) is 10.3. The second-order valence-corrected chi connectivity index (χ2v) is 9.89. The van der Waals surface area contributed by atoms with Gasteiger partial charge in [-0.1, -0.05) is 11.6 Å². The Hall–Kier alpha value is -2.53. The van der Waals surface area contributed by atoms with Gasteiger partial charge in [-0.3, -0.25) is 14.3 Å². The molecule has 0 bridgehead atoms. The van der Waals surface area contributed by atoms with Gasteiger partial charge in [0.2, 0.25) is 15.8 Å². The molecule has 9 nitrogen and oxygen atoms in total. The molecule has 0 unspecified atom stereocenters. The molecule has 1 aromatic carbocycles. The van der Waals surface area contributed by atoms with E-state index in [-0.39, 0.29) is 9.79 Å². The van der Waals surface area contributed by atoms with E-state index in [0.29, 0.717) is 28.5 Å². The molecule has 1 aliphatic rings. The lowest BCUT2D eigenvalue weighted by Gasteiger charge is -2.26. The summed E-state index contributed by atoms with van der Waals surface area (Å²) < 4.78 is 32.6. The number of aryl methyl sites for hydroxylation is 1. The maximum absolute atomic E-state index is 13.0. The van der Waals surface area contributed by atoms with E-state index in [1.165, 1.54) is 48.1 Å². The average molecular weight is 478 g/mol. The highest BCUT2D eigenvalue weighted by molar-refractivity contribution is 7.91. The van der Waals surface area contributed by atoms with Crippen molar-refractivity contribution in [3.63, 3.8) is 0 Å². The molecule has 1 aliphatic heterocycles. The van der Waals surface area contributed by atoms with Gasteiger partial charge in [-0.05, 0) is 43.3 Å². The van der Waals surface area contributed by atoms with Gasteiger partial charge in [-0.2, -0.15) is 4.98 Å². The number of rotatable bonds is 7. The van der Waals surface area contributed by atoms with Gasteiger partial charge >= 0.3 is 0 Å². The molecule has 0 saturated carbocycles. The van der Waals surface area contributed by atoms with Crippen LogP contribution in [0.4, 0.5) is 5.95 Å². The van der Waals surface area contributed by atoms with Crippen LogP contribution >= 0.6 is 11.6 Å². The first-order chi connectivity index (χ1) is 15.4. The van der Waals surface area contributed by atoms with E-state index >= 15 is 0 Å². The third-order valence-electron chi connectivity index (χ3n) is 5.37. The fourth-order valence-corrected chi connectivity index (χ4v) is 5.09. The van der Waals surface area contributed by atoms with E-state index in [4.69, 9.17) is 16.3 Å². The first-order valence-corrected chi connectivity index (χ1v) is 12.1. The van der Waals surface area contributed by atoms with Crippen LogP contribution < -0.4 is 10.9 Å². The molecule has 0 spiro atoms. The minimum atomic E-state index is -4.02. The van der Waals surface area contributed by atoms with Crippen LogP contribution in [0.25, 0.3) is 11.0 Å². The second kappa shape index (κ2) is 9.53. The predicted molar refractivity (Wildman–Crippen MR) is 122 cm³/mol. The van der Waals surface area contributed by atoms with Gasteiger partial charge in [0, 0.05) is 43.3 Å². The standard InChI is InChI=1S/C21H24ClN5O4S/c1-26-19-15(13-18(20(26)28)32(29,30)17-5-3-16(22)4-6-17)14-24-21(25-19)23-7-2-8-27-9-11-31-12-10-27/h3-6,13-14H,2,7-12H2,1H3,(H,23,24,25). The van der Waals surface area contributed by atoms with Crippen molar-refractivity contribution in [3.8, 4) is 0 Å². The minimum Gasteiger partial charge on any atom is -0.379 e. The Morgan fingerprint density at radius 2 is 1.91 bits per heavy atom. The first kappa shape index (κ1) is 22.7. The van der Waals surface area contributed by atoms with Gasteiger partial charge in [-0.15, -0.1) is 0 Å². The highest BCUT2D eigenvalue weighted by Crippen LogP contribution is 2.22. The van der Waals surface area contributed by atoms with E-state index in [9.17, 15) is 13.2 Å². The summed E-state index contributed by atoms with van der Waals surface area (Å²) >= 11 is 5.85. The zero-order valence-electron chi connectivity index (χ0n) is 17.6. The van der Waals surface area contributed by atoms with E-state index in [1.807, 2.05) is 0 Å². The lowest BCUT2D eigenvalue weighted by atomic mass is 10.3. The molecule has 1 fully saturated rings. The molecule has 2 aromatic heterocycles. The van der Waals surface area contributed by atoms with E-state index in [1.54, 1.807) is 0 Å². The van der Waals surface area contributed by atoms with E-state index in [2.05, 4.69) is 20.2 Å². The second-order valence-electron chi connectivity index (χ2n) is 7.54. The predicted octanol–water partition coefficient (Wildman–Crippen LogP) is 1.95. The number of nitrogens with zero attached hydrogens (tertiary/aromatic N) is 4. The number of sulfone groups is 1. The molecule has 3 heterocycles. The van der Waals surface area contributed by atoms with Crippen molar-refractivity contribution in [2.75, 3.05) is 44.7 Å². The number of hydrogen-bond donors (Lipinski definition) is 1. The Labute approximate surface area is 190 Å². The van der Waals surface area contributed by atoms with Gasteiger partial charge in [0.25, 0.3) is 5.56 Å². The number of halogens is 1. The summed E-state index contributed by atoms with van der Waals surface area (Å²) in [6.07, 6.45) is 2.44. The molecule has 32 heavy (non-hydrogen) atoms. The summed E-state index contributed by atoms with van der Waals surface area (Å²) in [5, 5.41) is 4.04. The highest BCUT2D eigenvalue weighted by atomic mass is 35.5. The third kappa shape index (κ3) is 4.78. The monoisotopic (exact) mass is 477 g/mol. The lowest BCUT2D eigenvalue weighted by molar-refractivity contribution is 0.0378. The number of ether oxygens (including phenoxy) is 1. The number of aromatic nitrogens is 3. The number of morpholine rings is 1. The van der Waals surface area contributed by atoms with Gasteiger partial charge in [0.15, 0.2) is 0 Å². The van der Waals surface area contributed by atoms with E-state index < -0.39 is 15.4 Å². The molecule has 0 radical (unpaired) electrons. The van der Waals surface area contributed by atoms with Crippen molar-refractivity contribution in [1.29, 1.82) is 0 Å². The van der Waals surface area contributed by atoms with Crippen molar-refractivity contribution in [2.24, 2.45) is 7.05 Å². The van der Waals surface area contributed by atoms with Crippen LogP contribution in [0.5, 0.6) is 0 Å². The molecular formula is C21H24ClN5O4S. The maximum Gasteiger partial charge on any atom is 0.271 e. The van der Waals surface area contributed by atoms with Crippen LogP contribution in [-0.2, 0) is 21.6 Å². The van der Waals surface area contributed by atoms with Gasteiger partial charge in [0.1, 0.15) is 10.5 Å². The van der Waals surface area contributed by atoms with Crippen LogP contribution in [0, 0.1) is 0 Å². The fourth-order valence-electron chi connectivity index (χ4n) is 3.56. The minimum absolute atomic E-state index is 0.00202. The highest BCUT2D eigenvalue weighted by Gasteiger charge is 2.24. The zero-order chi connectivity index (χ0) is 22.7. The molecule has 1 saturated heterocycles. The molecule has 0 aliphatic carbocycles. The normalized spacial score (nSPS) is 15.2. The number of fused-ring (bicyclic) bond motifs is 1. The summed E-state index contributed by atoms with van der Waals surface area (Å²) in [5.41, 5.74) is -0.292. The Balaban J connectivity index is 1.54. The van der Waals surface area contributed by atoms with Gasteiger partial charge in [0.05, 0.1) is 18.1 Å². The summed E-state index contributed by atoms with van der Waals surface area (Å²) in [6, 6.07) is 7.02. The molecule has 4 rings (SSSR count). The van der Waals surface area contributed by atoms with Crippen molar-refractivity contribution < 1.29 is 13.2 Å². The number of pyridine rings is 1. The van der Waals surface area contributed by atoms with Crippen LogP contribution in [0.3, 0.4) is 0 Å². The van der Waals surface area contributed by atoms with Gasteiger partial charge < -0.3 is 10.1 Å². The van der Waals surface area contributed by atoms with Crippen LogP contribution in [0.1, 0.15) is 6.42 Å². The topological polar surface area (TPSA) is 106 Å². The number of anilines is 1. The van der Waals surface area contributed by atoms with Gasteiger partial charge in [-0.25, -0.2) is 13.4 Å². The van der Waals surface area contributed by atoms with Crippen molar-refractivity contribution in [2.45, 2.75) is 16.2 Å². The Morgan fingerprint density at radius 3 is 2.62 bits per heavy atom. The van der Waals surface area contributed by atoms with Crippen LogP contribution in [0.2, 0.25) is 5.02 Å². The SMILES string of the molecule is Cn1c(=O)c(S(=O)(=O)c2ccc(Cl)cc2)cc2cnc(NCCCN3CCOCC3)nc21. The Bertz CT molecular complexity index is 1270. The van der Waals surface area contributed by atoms with E-state index in [0.717, 1.165) is 39.3 Å². The summed E-state index contributed by atoms with van der Waals surface area (Å²) in [7, 11) is -2.51. The Kier molecular flexibility index (Phi) is 6.75. The fraction of sp³-hybridized carbons (Fsp3) is 0.381. The maximum atomic E-state index is 13.0. The largest absolute Gasteiger partial charge is 0.379 e. The third-order valence-corrected chi connectivity index (χ3v) is 7.38. The molecule has 0 atom stereocenters.